The molecule has 0 fully saturated rings. The van der Waals surface area contributed by atoms with Gasteiger partial charge in [-0.3, -0.25) is 5.32 Å². The first-order chi connectivity index (χ1) is 9.34. The fourth-order valence-corrected chi connectivity index (χ4v) is 3.03. The van der Waals surface area contributed by atoms with E-state index in [4.69, 9.17) is 4.74 Å². The van der Waals surface area contributed by atoms with E-state index in [1.807, 2.05) is 35.7 Å². The number of thiophene rings is 1. The summed E-state index contributed by atoms with van der Waals surface area (Å²) in [6, 6.07) is 14.5. The molecule has 1 aliphatic heterocycles. The molecule has 0 saturated heterocycles. The maximum Gasteiger partial charge on any atom is 0.156 e. The Balaban J connectivity index is 1.90. The van der Waals surface area contributed by atoms with Crippen LogP contribution in [0.2, 0.25) is 0 Å². The van der Waals surface area contributed by atoms with E-state index in [0.29, 0.717) is 19.8 Å². The quantitative estimate of drug-likeness (QED) is 0.932. The molecule has 2 aromatic rings. The van der Waals surface area contributed by atoms with Gasteiger partial charge in [0.25, 0.3) is 0 Å². The highest BCUT2D eigenvalue weighted by Gasteiger charge is 2.37. The first-order valence-electron chi connectivity index (χ1n) is 6.19. The highest BCUT2D eigenvalue weighted by atomic mass is 32.1. The molecule has 0 bridgehead atoms. The normalized spacial score (nSPS) is 21.6. The third-order valence-electron chi connectivity index (χ3n) is 3.39. The van der Waals surface area contributed by atoms with E-state index in [9.17, 15) is 5.26 Å². The molecule has 2 heterocycles. The molecule has 1 aliphatic rings. The number of nitriles is 1. The minimum Gasteiger partial charge on any atom is -0.373 e. The molecule has 1 N–H and O–H groups in total. The molecule has 0 aliphatic carbocycles. The van der Waals surface area contributed by atoms with Crippen molar-refractivity contribution >= 4 is 11.3 Å². The van der Waals surface area contributed by atoms with E-state index in [1.165, 1.54) is 4.88 Å². The van der Waals surface area contributed by atoms with Crippen LogP contribution in [0.15, 0.2) is 41.8 Å². The molecule has 96 valence electrons. The molecule has 1 unspecified atom stereocenters. The third kappa shape index (κ3) is 2.28. The second-order valence-corrected chi connectivity index (χ2v) is 5.63. The number of nitrogens with zero attached hydrogens (tertiary/aromatic N) is 1. The van der Waals surface area contributed by atoms with E-state index >= 15 is 0 Å². The van der Waals surface area contributed by atoms with Crippen LogP contribution in [0.5, 0.6) is 0 Å². The van der Waals surface area contributed by atoms with Gasteiger partial charge in [-0.1, -0.05) is 30.3 Å². The average Bonchev–Trinajstić information content (AvgIpc) is 2.98. The summed E-state index contributed by atoms with van der Waals surface area (Å²) in [6.07, 6.45) is 0. The zero-order valence-corrected chi connectivity index (χ0v) is 11.2. The van der Waals surface area contributed by atoms with Gasteiger partial charge in [0.05, 0.1) is 19.3 Å². The first kappa shape index (κ1) is 12.4. The molecule has 0 saturated carbocycles. The minimum atomic E-state index is -0.737. The van der Waals surface area contributed by atoms with Crippen LogP contribution in [0.3, 0.4) is 0 Å². The van der Waals surface area contributed by atoms with Crippen molar-refractivity contribution in [3.05, 3.63) is 57.8 Å². The highest BCUT2D eigenvalue weighted by Crippen LogP contribution is 2.30. The standard InChI is InChI=1S/C15H14N2OS/c16-10-15(17-8-13-5-3-7-19-13)11-18-9-12-4-1-2-6-14(12)15/h1-7,17H,8-9,11H2. The number of hydrogen-bond acceptors (Lipinski definition) is 4. The monoisotopic (exact) mass is 270 g/mol. The van der Waals surface area contributed by atoms with Crippen molar-refractivity contribution in [2.75, 3.05) is 6.61 Å². The van der Waals surface area contributed by atoms with Gasteiger partial charge in [0.2, 0.25) is 0 Å². The molecule has 19 heavy (non-hydrogen) atoms. The minimum absolute atomic E-state index is 0.395. The molecule has 4 heteroatoms. The van der Waals surface area contributed by atoms with Crippen LogP contribution in [0.4, 0.5) is 0 Å². The molecule has 0 radical (unpaired) electrons. The van der Waals surface area contributed by atoms with Crippen LogP contribution in [-0.2, 0) is 23.4 Å². The summed E-state index contributed by atoms with van der Waals surface area (Å²) in [5, 5.41) is 15.0. The van der Waals surface area contributed by atoms with Crippen molar-refractivity contribution in [2.24, 2.45) is 0 Å². The number of ether oxygens (including phenoxy) is 1. The van der Waals surface area contributed by atoms with E-state index < -0.39 is 5.54 Å². The van der Waals surface area contributed by atoms with Gasteiger partial charge < -0.3 is 4.74 Å². The van der Waals surface area contributed by atoms with Gasteiger partial charge in [-0.2, -0.15) is 5.26 Å². The van der Waals surface area contributed by atoms with E-state index in [-0.39, 0.29) is 0 Å². The second-order valence-electron chi connectivity index (χ2n) is 4.60. The Morgan fingerprint density at radius 2 is 2.21 bits per heavy atom. The number of fused-ring (bicyclic) bond motifs is 1. The molecule has 3 nitrogen and oxygen atoms in total. The molecule has 1 aromatic carbocycles. The lowest BCUT2D eigenvalue weighted by Crippen LogP contribution is -2.47. The predicted octanol–water partition coefficient (Wildman–Crippen LogP) is 2.79. The first-order valence-corrected chi connectivity index (χ1v) is 7.07. The Morgan fingerprint density at radius 3 is 3.00 bits per heavy atom. The summed E-state index contributed by atoms with van der Waals surface area (Å²) in [6.45, 7) is 1.66. The molecular formula is C15H14N2OS. The largest absolute Gasteiger partial charge is 0.373 e. The Bertz CT molecular complexity index is 603. The van der Waals surface area contributed by atoms with Gasteiger partial charge in [-0.05, 0) is 22.6 Å². The molecule has 0 amide bonds. The summed E-state index contributed by atoms with van der Waals surface area (Å²) in [5.74, 6) is 0. The lowest BCUT2D eigenvalue weighted by molar-refractivity contribution is 0.0576. The fourth-order valence-electron chi connectivity index (χ4n) is 2.38. The number of hydrogen-bond donors (Lipinski definition) is 1. The maximum absolute atomic E-state index is 9.63. The van der Waals surface area contributed by atoms with E-state index in [0.717, 1.165) is 11.1 Å². The van der Waals surface area contributed by atoms with Crippen molar-refractivity contribution in [2.45, 2.75) is 18.7 Å². The van der Waals surface area contributed by atoms with Gasteiger partial charge in [0, 0.05) is 11.4 Å². The van der Waals surface area contributed by atoms with Crippen LogP contribution < -0.4 is 5.32 Å². The lowest BCUT2D eigenvalue weighted by Gasteiger charge is -2.33. The Morgan fingerprint density at radius 1 is 1.32 bits per heavy atom. The Hall–Kier alpha value is -1.67. The van der Waals surface area contributed by atoms with Gasteiger partial charge in [-0.15, -0.1) is 11.3 Å². The van der Waals surface area contributed by atoms with Gasteiger partial charge in [0.15, 0.2) is 5.54 Å². The van der Waals surface area contributed by atoms with Crippen LogP contribution in [0.25, 0.3) is 0 Å². The fraction of sp³-hybridized carbons (Fsp3) is 0.267. The Labute approximate surface area is 116 Å². The van der Waals surface area contributed by atoms with Crippen LogP contribution in [0, 0.1) is 11.3 Å². The number of nitrogens with one attached hydrogen (secondary N) is 1. The van der Waals surface area contributed by atoms with Crippen molar-refractivity contribution in [1.82, 2.24) is 5.32 Å². The maximum atomic E-state index is 9.63. The average molecular weight is 270 g/mol. The molecular weight excluding hydrogens is 256 g/mol. The summed E-state index contributed by atoms with van der Waals surface area (Å²) in [7, 11) is 0. The number of benzene rings is 1. The van der Waals surface area contributed by atoms with Gasteiger partial charge in [-0.25, -0.2) is 0 Å². The lowest BCUT2D eigenvalue weighted by atomic mass is 9.86. The van der Waals surface area contributed by atoms with Crippen molar-refractivity contribution in [1.29, 1.82) is 5.26 Å². The second kappa shape index (κ2) is 5.14. The van der Waals surface area contributed by atoms with Crippen LogP contribution >= 0.6 is 11.3 Å². The third-order valence-corrected chi connectivity index (χ3v) is 4.27. The van der Waals surface area contributed by atoms with Crippen molar-refractivity contribution < 1.29 is 4.74 Å². The van der Waals surface area contributed by atoms with Crippen LogP contribution in [-0.4, -0.2) is 6.61 Å². The smallest absolute Gasteiger partial charge is 0.156 e. The zero-order valence-electron chi connectivity index (χ0n) is 10.4. The summed E-state index contributed by atoms with van der Waals surface area (Å²) >= 11 is 1.69. The molecule has 1 aromatic heterocycles. The van der Waals surface area contributed by atoms with Crippen LogP contribution in [0.1, 0.15) is 16.0 Å². The zero-order chi connectivity index (χ0) is 13.1. The molecule has 1 atom stereocenters. The molecule has 3 rings (SSSR count). The van der Waals surface area contributed by atoms with E-state index in [1.54, 1.807) is 11.3 Å². The highest BCUT2D eigenvalue weighted by molar-refractivity contribution is 7.09. The Kier molecular flexibility index (Phi) is 3.34. The van der Waals surface area contributed by atoms with E-state index in [2.05, 4.69) is 17.5 Å². The van der Waals surface area contributed by atoms with Crippen molar-refractivity contribution in [3.63, 3.8) is 0 Å². The summed E-state index contributed by atoms with van der Waals surface area (Å²) in [5.41, 5.74) is 1.40. The summed E-state index contributed by atoms with van der Waals surface area (Å²) < 4.78 is 5.59. The topological polar surface area (TPSA) is 45.0 Å². The van der Waals surface area contributed by atoms with Gasteiger partial charge in [0.1, 0.15) is 0 Å². The predicted molar refractivity (Wildman–Crippen MR) is 74.5 cm³/mol. The SMILES string of the molecule is N#CC1(NCc2cccs2)COCc2ccccc21. The number of rotatable bonds is 3. The van der Waals surface area contributed by atoms with Crippen molar-refractivity contribution in [3.8, 4) is 6.07 Å². The van der Waals surface area contributed by atoms with Gasteiger partial charge >= 0.3 is 0 Å². The molecule has 0 spiro atoms. The summed E-state index contributed by atoms with van der Waals surface area (Å²) in [4.78, 5) is 1.22.